The highest BCUT2D eigenvalue weighted by Crippen LogP contribution is 2.13. The van der Waals surface area contributed by atoms with E-state index in [-0.39, 0.29) is 6.10 Å². The number of ether oxygens (including phenoxy) is 1. The van der Waals surface area contributed by atoms with Gasteiger partial charge in [-0.1, -0.05) is 0 Å². The number of hydrogen-bond acceptors (Lipinski definition) is 7. The molecule has 1 aliphatic rings. The van der Waals surface area contributed by atoms with Crippen molar-refractivity contribution in [1.29, 1.82) is 0 Å². The fourth-order valence-electron chi connectivity index (χ4n) is 2.46. The van der Waals surface area contributed by atoms with Crippen LogP contribution in [0.2, 0.25) is 0 Å². The molecule has 0 unspecified atom stereocenters. The van der Waals surface area contributed by atoms with E-state index in [0.29, 0.717) is 13.2 Å². The summed E-state index contributed by atoms with van der Waals surface area (Å²) in [5.41, 5.74) is 0.962. The van der Waals surface area contributed by atoms with E-state index in [1.807, 2.05) is 26.0 Å². The smallest absolute Gasteiger partial charge is 0.208 e. The van der Waals surface area contributed by atoms with Crippen LogP contribution in [0, 0.1) is 13.8 Å². The number of hydrogen-bond donors (Lipinski definition) is 1. The molecule has 0 radical (unpaired) electrons. The lowest BCUT2D eigenvalue weighted by molar-refractivity contribution is -0.0264. The second-order valence-corrected chi connectivity index (χ2v) is 5.47. The van der Waals surface area contributed by atoms with Gasteiger partial charge in [0.25, 0.3) is 0 Å². The molecule has 7 heteroatoms. The van der Waals surface area contributed by atoms with Gasteiger partial charge in [0.1, 0.15) is 11.6 Å². The maximum absolute atomic E-state index is 5.79. The first-order valence-corrected chi connectivity index (χ1v) is 7.49. The van der Waals surface area contributed by atoms with Gasteiger partial charge in [0, 0.05) is 25.8 Å². The first-order chi connectivity index (χ1) is 10.7. The Labute approximate surface area is 129 Å². The van der Waals surface area contributed by atoms with Gasteiger partial charge in [0.15, 0.2) is 0 Å². The molecule has 7 nitrogen and oxygen atoms in total. The Morgan fingerprint density at radius 2 is 2.32 bits per heavy atom. The standard InChI is InChI=1S/C15H21N5O2/c1-11-12(2)22-15(18-11)10-20-6-7-21-13(9-20)8-16-14-4-3-5-17-19-14/h3-5,13H,6-10H2,1-2H3,(H,16,19)/t13-/m1/s1. The van der Waals surface area contributed by atoms with Gasteiger partial charge in [-0.25, -0.2) is 4.98 Å². The van der Waals surface area contributed by atoms with Gasteiger partial charge < -0.3 is 14.5 Å². The van der Waals surface area contributed by atoms with Gasteiger partial charge in [-0.05, 0) is 26.0 Å². The van der Waals surface area contributed by atoms with Crippen molar-refractivity contribution in [3.8, 4) is 0 Å². The minimum Gasteiger partial charge on any atom is -0.444 e. The minimum atomic E-state index is 0.118. The third-order valence-electron chi connectivity index (χ3n) is 3.74. The van der Waals surface area contributed by atoms with Crippen LogP contribution in [-0.4, -0.2) is 52.4 Å². The van der Waals surface area contributed by atoms with Crippen LogP contribution in [0.4, 0.5) is 5.82 Å². The summed E-state index contributed by atoms with van der Waals surface area (Å²) in [5, 5.41) is 11.1. The fourth-order valence-corrected chi connectivity index (χ4v) is 2.46. The Bertz CT molecular complexity index is 582. The summed E-state index contributed by atoms with van der Waals surface area (Å²) in [6.45, 7) is 7.79. The number of anilines is 1. The number of rotatable bonds is 5. The van der Waals surface area contributed by atoms with Gasteiger partial charge in [-0.3, -0.25) is 4.90 Å². The summed E-state index contributed by atoms with van der Waals surface area (Å²) in [7, 11) is 0. The van der Waals surface area contributed by atoms with Crippen molar-refractivity contribution in [1.82, 2.24) is 20.1 Å². The van der Waals surface area contributed by atoms with Crippen LogP contribution < -0.4 is 5.32 Å². The van der Waals surface area contributed by atoms with Crippen LogP contribution in [0.1, 0.15) is 17.3 Å². The van der Waals surface area contributed by atoms with Crippen LogP contribution in [-0.2, 0) is 11.3 Å². The molecule has 1 saturated heterocycles. The first-order valence-electron chi connectivity index (χ1n) is 7.49. The van der Waals surface area contributed by atoms with Crippen molar-refractivity contribution >= 4 is 5.82 Å². The van der Waals surface area contributed by atoms with E-state index in [0.717, 1.165) is 42.8 Å². The molecule has 1 aliphatic heterocycles. The predicted molar refractivity (Wildman–Crippen MR) is 81.5 cm³/mol. The highest BCUT2D eigenvalue weighted by molar-refractivity contribution is 5.31. The number of nitrogens with zero attached hydrogens (tertiary/aromatic N) is 4. The van der Waals surface area contributed by atoms with Crippen molar-refractivity contribution in [2.45, 2.75) is 26.5 Å². The maximum atomic E-state index is 5.79. The number of aromatic nitrogens is 3. The summed E-state index contributed by atoms with van der Waals surface area (Å²) in [4.78, 5) is 6.74. The van der Waals surface area contributed by atoms with Crippen molar-refractivity contribution in [3.63, 3.8) is 0 Å². The van der Waals surface area contributed by atoms with E-state index in [1.165, 1.54) is 0 Å². The Kier molecular flexibility index (Phi) is 4.65. The highest BCUT2D eigenvalue weighted by atomic mass is 16.5. The van der Waals surface area contributed by atoms with E-state index < -0.39 is 0 Å². The number of oxazole rings is 1. The van der Waals surface area contributed by atoms with E-state index >= 15 is 0 Å². The molecule has 1 N–H and O–H groups in total. The normalized spacial score (nSPS) is 19.3. The van der Waals surface area contributed by atoms with E-state index in [1.54, 1.807) is 6.20 Å². The lowest BCUT2D eigenvalue weighted by Crippen LogP contribution is -2.44. The molecule has 3 heterocycles. The molecule has 2 aromatic rings. The lowest BCUT2D eigenvalue weighted by atomic mass is 10.2. The Morgan fingerprint density at radius 1 is 1.41 bits per heavy atom. The molecule has 0 bridgehead atoms. The van der Waals surface area contributed by atoms with Gasteiger partial charge in [0.05, 0.1) is 24.9 Å². The Balaban J connectivity index is 1.50. The molecule has 0 aromatic carbocycles. The number of nitrogens with one attached hydrogen (secondary N) is 1. The average Bonchev–Trinajstić information content (AvgIpc) is 2.84. The molecule has 1 fully saturated rings. The molecule has 22 heavy (non-hydrogen) atoms. The van der Waals surface area contributed by atoms with Gasteiger partial charge >= 0.3 is 0 Å². The summed E-state index contributed by atoms with van der Waals surface area (Å²) < 4.78 is 11.4. The Hall–Kier alpha value is -1.99. The molecule has 2 aromatic heterocycles. The van der Waals surface area contributed by atoms with Crippen molar-refractivity contribution in [2.75, 3.05) is 31.6 Å². The quantitative estimate of drug-likeness (QED) is 0.894. The molecular weight excluding hydrogens is 282 g/mol. The molecular formula is C15H21N5O2. The molecule has 1 atom stereocenters. The van der Waals surface area contributed by atoms with Crippen molar-refractivity contribution in [3.05, 3.63) is 35.7 Å². The van der Waals surface area contributed by atoms with Crippen LogP contribution in [0.5, 0.6) is 0 Å². The van der Waals surface area contributed by atoms with Gasteiger partial charge in [0.2, 0.25) is 5.89 Å². The van der Waals surface area contributed by atoms with E-state index in [2.05, 4.69) is 25.4 Å². The molecule has 118 valence electrons. The molecule has 0 amide bonds. The predicted octanol–water partition coefficient (Wildman–Crippen LogP) is 1.39. The largest absolute Gasteiger partial charge is 0.444 e. The summed E-state index contributed by atoms with van der Waals surface area (Å²) in [6, 6.07) is 3.75. The Morgan fingerprint density at radius 3 is 3.05 bits per heavy atom. The number of morpholine rings is 1. The summed E-state index contributed by atoms with van der Waals surface area (Å²) in [5.74, 6) is 2.43. The van der Waals surface area contributed by atoms with E-state index in [9.17, 15) is 0 Å². The molecule has 3 rings (SSSR count). The molecule has 0 saturated carbocycles. The summed E-state index contributed by atoms with van der Waals surface area (Å²) >= 11 is 0. The third kappa shape index (κ3) is 3.80. The molecule has 0 spiro atoms. The highest BCUT2D eigenvalue weighted by Gasteiger charge is 2.22. The average molecular weight is 303 g/mol. The van der Waals surface area contributed by atoms with Crippen LogP contribution in [0.25, 0.3) is 0 Å². The maximum Gasteiger partial charge on any atom is 0.208 e. The molecule has 0 aliphatic carbocycles. The van der Waals surface area contributed by atoms with Gasteiger partial charge in [-0.15, -0.1) is 5.10 Å². The summed E-state index contributed by atoms with van der Waals surface area (Å²) in [6.07, 6.45) is 1.78. The SMILES string of the molecule is Cc1nc(CN2CCO[C@H](CNc3cccnn3)C2)oc1C. The van der Waals surface area contributed by atoms with Crippen LogP contribution in [0.15, 0.2) is 22.7 Å². The topological polar surface area (TPSA) is 76.3 Å². The zero-order valence-electron chi connectivity index (χ0n) is 13.0. The van der Waals surface area contributed by atoms with Crippen molar-refractivity contribution in [2.24, 2.45) is 0 Å². The zero-order valence-corrected chi connectivity index (χ0v) is 13.0. The van der Waals surface area contributed by atoms with Crippen molar-refractivity contribution < 1.29 is 9.15 Å². The van der Waals surface area contributed by atoms with Crippen LogP contribution in [0.3, 0.4) is 0 Å². The zero-order chi connectivity index (χ0) is 15.4. The second kappa shape index (κ2) is 6.85. The number of aryl methyl sites for hydroxylation is 2. The third-order valence-corrected chi connectivity index (χ3v) is 3.74. The van der Waals surface area contributed by atoms with E-state index in [4.69, 9.17) is 9.15 Å². The van der Waals surface area contributed by atoms with Gasteiger partial charge in [-0.2, -0.15) is 5.10 Å². The second-order valence-electron chi connectivity index (χ2n) is 5.47. The fraction of sp³-hybridized carbons (Fsp3) is 0.533. The van der Waals surface area contributed by atoms with Crippen LogP contribution >= 0.6 is 0 Å². The minimum absolute atomic E-state index is 0.118. The monoisotopic (exact) mass is 303 g/mol. The first kappa shape index (κ1) is 14.9. The lowest BCUT2D eigenvalue weighted by Gasteiger charge is -2.32.